The Morgan fingerprint density at radius 3 is 2.73 bits per heavy atom. The van der Waals surface area contributed by atoms with Gasteiger partial charge in [-0.1, -0.05) is 30.3 Å². The quantitative estimate of drug-likeness (QED) is 0.783. The minimum absolute atomic E-state index is 0.132. The van der Waals surface area contributed by atoms with Gasteiger partial charge in [-0.3, -0.25) is 0 Å². The van der Waals surface area contributed by atoms with E-state index in [-0.39, 0.29) is 12.6 Å². The van der Waals surface area contributed by atoms with E-state index in [0.29, 0.717) is 6.54 Å². The zero-order chi connectivity index (χ0) is 11.1. The number of amides is 1. The van der Waals surface area contributed by atoms with Crippen molar-refractivity contribution < 1.29 is 9.53 Å². The summed E-state index contributed by atoms with van der Waals surface area (Å²) in [5, 5.41) is 2.64. The summed E-state index contributed by atoms with van der Waals surface area (Å²) < 4.78 is 4.85. The van der Waals surface area contributed by atoms with Crippen LogP contribution in [-0.4, -0.2) is 18.7 Å². The second-order valence-electron chi connectivity index (χ2n) is 3.41. The lowest BCUT2D eigenvalue weighted by Gasteiger charge is -2.08. The summed E-state index contributed by atoms with van der Waals surface area (Å²) in [6.07, 6.45) is -0.434. The molecule has 1 aromatic carbocycles. The number of hydrogen-bond acceptors (Lipinski definition) is 3. The molecule has 0 saturated heterocycles. The fourth-order valence-electron chi connectivity index (χ4n) is 1.03. The summed E-state index contributed by atoms with van der Waals surface area (Å²) in [4.78, 5) is 11.1. The summed E-state index contributed by atoms with van der Waals surface area (Å²) in [6, 6.07) is 9.51. The third kappa shape index (κ3) is 5.02. The van der Waals surface area contributed by atoms with E-state index < -0.39 is 6.09 Å². The topological polar surface area (TPSA) is 64.3 Å². The number of hydrogen-bond donors (Lipinski definition) is 2. The number of carbonyl (C=O) groups is 1. The highest BCUT2D eigenvalue weighted by Crippen LogP contribution is 1.97. The van der Waals surface area contributed by atoms with Gasteiger partial charge in [-0.2, -0.15) is 0 Å². The van der Waals surface area contributed by atoms with Crippen LogP contribution in [0.3, 0.4) is 0 Å². The Kier molecular flexibility index (Phi) is 4.63. The molecule has 1 aromatic rings. The van der Waals surface area contributed by atoms with Crippen LogP contribution in [0.4, 0.5) is 4.79 Å². The number of alkyl carbamates (subject to hydrolysis) is 1. The average Bonchev–Trinajstić information content (AvgIpc) is 2.25. The zero-order valence-corrected chi connectivity index (χ0v) is 8.77. The number of benzene rings is 1. The van der Waals surface area contributed by atoms with Crippen LogP contribution in [0, 0.1) is 0 Å². The summed E-state index contributed by atoms with van der Waals surface area (Å²) in [5.41, 5.74) is 6.48. The Morgan fingerprint density at radius 1 is 1.47 bits per heavy atom. The van der Waals surface area contributed by atoms with Crippen LogP contribution in [0.1, 0.15) is 12.5 Å². The smallest absolute Gasteiger partial charge is 0.407 e. The predicted octanol–water partition coefficient (Wildman–Crippen LogP) is 1.26. The first kappa shape index (κ1) is 11.5. The van der Waals surface area contributed by atoms with E-state index in [1.165, 1.54) is 0 Å². The highest BCUT2D eigenvalue weighted by molar-refractivity contribution is 5.67. The van der Waals surface area contributed by atoms with Gasteiger partial charge in [0.2, 0.25) is 0 Å². The molecule has 0 radical (unpaired) electrons. The Bertz CT molecular complexity index is 299. The summed E-state index contributed by atoms with van der Waals surface area (Å²) >= 11 is 0. The van der Waals surface area contributed by atoms with Crippen molar-refractivity contribution in [3.8, 4) is 0 Å². The van der Waals surface area contributed by atoms with Crippen molar-refractivity contribution in [2.75, 3.05) is 6.61 Å². The molecular formula is C11H16N2O2. The third-order valence-electron chi connectivity index (χ3n) is 1.76. The van der Waals surface area contributed by atoms with Gasteiger partial charge in [0.15, 0.2) is 0 Å². The van der Waals surface area contributed by atoms with E-state index in [2.05, 4.69) is 5.32 Å². The Hall–Kier alpha value is -1.55. The summed E-state index contributed by atoms with van der Waals surface area (Å²) in [7, 11) is 0. The molecule has 1 atom stereocenters. The molecule has 0 saturated carbocycles. The van der Waals surface area contributed by atoms with Crippen LogP contribution >= 0.6 is 0 Å². The van der Waals surface area contributed by atoms with Gasteiger partial charge in [-0.25, -0.2) is 4.79 Å². The van der Waals surface area contributed by atoms with Crippen molar-refractivity contribution in [3.05, 3.63) is 35.9 Å². The van der Waals surface area contributed by atoms with Crippen molar-refractivity contribution in [2.45, 2.75) is 19.5 Å². The van der Waals surface area contributed by atoms with E-state index in [1.54, 1.807) is 6.92 Å². The highest BCUT2D eigenvalue weighted by atomic mass is 16.5. The third-order valence-corrected chi connectivity index (χ3v) is 1.76. The molecule has 0 bridgehead atoms. The van der Waals surface area contributed by atoms with E-state index in [1.807, 2.05) is 30.3 Å². The minimum Gasteiger partial charge on any atom is -0.448 e. The standard InChI is InChI=1S/C11H16N2O2/c1-9(12)8-15-11(14)13-7-10-5-3-2-4-6-10/h2-6,9H,7-8,12H2,1H3,(H,13,14)/t9-/m0/s1. The van der Waals surface area contributed by atoms with Gasteiger partial charge in [0.25, 0.3) is 0 Å². The van der Waals surface area contributed by atoms with E-state index >= 15 is 0 Å². The fraction of sp³-hybridized carbons (Fsp3) is 0.364. The molecule has 82 valence electrons. The maximum atomic E-state index is 11.1. The van der Waals surface area contributed by atoms with Gasteiger partial charge < -0.3 is 15.8 Å². The van der Waals surface area contributed by atoms with Crippen molar-refractivity contribution in [2.24, 2.45) is 5.73 Å². The van der Waals surface area contributed by atoms with Crippen LogP contribution < -0.4 is 11.1 Å². The van der Waals surface area contributed by atoms with Gasteiger partial charge in [-0.15, -0.1) is 0 Å². The number of ether oxygens (including phenoxy) is 1. The molecule has 3 N–H and O–H groups in total. The van der Waals surface area contributed by atoms with Crippen LogP contribution in [0.15, 0.2) is 30.3 Å². The first-order valence-corrected chi connectivity index (χ1v) is 4.88. The highest BCUT2D eigenvalue weighted by Gasteiger charge is 2.02. The number of nitrogens with one attached hydrogen (secondary N) is 1. The normalized spacial score (nSPS) is 11.9. The molecule has 0 aromatic heterocycles. The lowest BCUT2D eigenvalue weighted by atomic mass is 10.2. The molecule has 1 rings (SSSR count). The monoisotopic (exact) mass is 208 g/mol. The molecule has 0 heterocycles. The second-order valence-corrected chi connectivity index (χ2v) is 3.41. The van der Waals surface area contributed by atoms with Gasteiger partial charge in [0.05, 0.1) is 0 Å². The SMILES string of the molecule is C[C@H](N)COC(=O)NCc1ccccc1. The molecule has 0 fully saturated rings. The van der Waals surface area contributed by atoms with E-state index in [4.69, 9.17) is 10.5 Å². The molecule has 0 spiro atoms. The summed E-state index contributed by atoms with van der Waals surface area (Å²) in [6.45, 7) is 2.49. The molecule has 4 heteroatoms. The lowest BCUT2D eigenvalue weighted by molar-refractivity contribution is 0.140. The van der Waals surface area contributed by atoms with Crippen LogP contribution in [0.5, 0.6) is 0 Å². The molecule has 4 nitrogen and oxygen atoms in total. The largest absolute Gasteiger partial charge is 0.448 e. The van der Waals surface area contributed by atoms with Gasteiger partial charge in [-0.05, 0) is 12.5 Å². The number of nitrogens with two attached hydrogens (primary N) is 1. The molecular weight excluding hydrogens is 192 g/mol. The number of carbonyl (C=O) groups excluding carboxylic acids is 1. The van der Waals surface area contributed by atoms with Crippen LogP contribution in [-0.2, 0) is 11.3 Å². The van der Waals surface area contributed by atoms with Gasteiger partial charge >= 0.3 is 6.09 Å². The van der Waals surface area contributed by atoms with E-state index in [9.17, 15) is 4.79 Å². The average molecular weight is 208 g/mol. The van der Waals surface area contributed by atoms with Crippen LogP contribution in [0.25, 0.3) is 0 Å². The van der Waals surface area contributed by atoms with Crippen molar-refractivity contribution in [1.82, 2.24) is 5.32 Å². The van der Waals surface area contributed by atoms with Crippen molar-refractivity contribution >= 4 is 6.09 Å². The molecule has 0 aliphatic rings. The van der Waals surface area contributed by atoms with Crippen molar-refractivity contribution in [1.29, 1.82) is 0 Å². The van der Waals surface area contributed by atoms with Gasteiger partial charge in [0.1, 0.15) is 6.61 Å². The maximum Gasteiger partial charge on any atom is 0.407 e. The maximum absolute atomic E-state index is 11.1. The van der Waals surface area contributed by atoms with Crippen molar-refractivity contribution in [3.63, 3.8) is 0 Å². The Balaban J connectivity index is 2.23. The van der Waals surface area contributed by atoms with Crippen LogP contribution in [0.2, 0.25) is 0 Å². The lowest BCUT2D eigenvalue weighted by Crippen LogP contribution is -2.29. The van der Waals surface area contributed by atoms with E-state index in [0.717, 1.165) is 5.56 Å². The number of rotatable bonds is 4. The molecule has 0 aliphatic heterocycles. The summed E-state index contributed by atoms with van der Waals surface area (Å²) in [5.74, 6) is 0. The first-order valence-electron chi connectivity index (χ1n) is 4.88. The molecule has 1 amide bonds. The van der Waals surface area contributed by atoms with Gasteiger partial charge in [0, 0.05) is 12.6 Å². The minimum atomic E-state index is -0.434. The predicted molar refractivity (Wildman–Crippen MR) is 58.3 cm³/mol. The Morgan fingerprint density at radius 2 is 2.13 bits per heavy atom. The second kappa shape index (κ2) is 6.03. The Labute approximate surface area is 89.4 Å². The molecule has 0 aliphatic carbocycles. The molecule has 15 heavy (non-hydrogen) atoms. The fourth-order valence-corrected chi connectivity index (χ4v) is 1.03. The first-order chi connectivity index (χ1) is 7.18. The molecule has 0 unspecified atom stereocenters. The zero-order valence-electron chi connectivity index (χ0n) is 8.77.